The Morgan fingerprint density at radius 1 is 1.04 bits per heavy atom. The van der Waals surface area contributed by atoms with Crippen LogP contribution >= 0.6 is 0 Å². The van der Waals surface area contributed by atoms with E-state index in [-0.39, 0.29) is 12.0 Å². The van der Waals surface area contributed by atoms with Gasteiger partial charge in [-0.2, -0.15) is 0 Å². The van der Waals surface area contributed by atoms with Crippen molar-refractivity contribution in [3.05, 3.63) is 0 Å². The Balaban J connectivity index is 1.46. The lowest BCUT2D eigenvalue weighted by molar-refractivity contribution is -0.141. The van der Waals surface area contributed by atoms with Gasteiger partial charge in [0, 0.05) is 25.7 Å². The molecule has 3 atom stereocenters. The lowest BCUT2D eigenvalue weighted by atomic mass is 9.80. The molecule has 1 aliphatic carbocycles. The van der Waals surface area contributed by atoms with E-state index < -0.39 is 11.6 Å². The van der Waals surface area contributed by atoms with Crippen LogP contribution in [0, 0.1) is 17.8 Å². The van der Waals surface area contributed by atoms with Crippen molar-refractivity contribution in [2.24, 2.45) is 17.8 Å². The maximum absolute atomic E-state index is 12.1. The van der Waals surface area contributed by atoms with Gasteiger partial charge >= 0.3 is 12.1 Å². The Kier molecular flexibility index (Phi) is 5.28. The molecule has 3 aliphatic rings. The van der Waals surface area contributed by atoms with Gasteiger partial charge in [-0.15, -0.1) is 0 Å². The molecule has 2 saturated heterocycles. The highest BCUT2D eigenvalue weighted by Crippen LogP contribution is 2.36. The van der Waals surface area contributed by atoms with Gasteiger partial charge in [-0.1, -0.05) is 0 Å². The number of aliphatic carboxylic acids is 1. The quantitative estimate of drug-likeness (QED) is 0.846. The maximum atomic E-state index is 12.1. The van der Waals surface area contributed by atoms with Gasteiger partial charge in [-0.3, -0.25) is 4.79 Å². The number of piperidine rings is 1. The van der Waals surface area contributed by atoms with Gasteiger partial charge in [0.15, 0.2) is 0 Å². The zero-order valence-electron chi connectivity index (χ0n) is 15.7. The van der Waals surface area contributed by atoms with Crippen LogP contribution in [0.25, 0.3) is 0 Å². The molecule has 1 unspecified atom stereocenters. The van der Waals surface area contributed by atoms with Crippen molar-refractivity contribution >= 4 is 12.1 Å². The topological polar surface area (TPSA) is 70.1 Å². The third-order valence-electron chi connectivity index (χ3n) is 5.99. The van der Waals surface area contributed by atoms with E-state index in [1.807, 2.05) is 25.7 Å². The fourth-order valence-corrected chi connectivity index (χ4v) is 4.56. The molecule has 3 fully saturated rings. The van der Waals surface area contributed by atoms with E-state index in [2.05, 4.69) is 4.90 Å². The number of carbonyl (C=O) groups excluding carboxylic acids is 1. The van der Waals surface area contributed by atoms with Crippen LogP contribution in [-0.4, -0.2) is 64.8 Å². The minimum absolute atomic E-state index is 0.156. The molecule has 0 aromatic carbocycles. The van der Waals surface area contributed by atoms with E-state index >= 15 is 0 Å². The zero-order valence-corrected chi connectivity index (χ0v) is 15.7. The molecule has 2 aliphatic heterocycles. The molecule has 6 heteroatoms. The Morgan fingerprint density at radius 3 is 2.36 bits per heavy atom. The molecule has 0 radical (unpaired) electrons. The van der Waals surface area contributed by atoms with Crippen molar-refractivity contribution in [3.63, 3.8) is 0 Å². The second-order valence-electron chi connectivity index (χ2n) is 9.04. The summed E-state index contributed by atoms with van der Waals surface area (Å²) in [5, 5.41) is 9.21. The van der Waals surface area contributed by atoms with Gasteiger partial charge < -0.3 is 19.6 Å². The Morgan fingerprint density at radius 2 is 1.76 bits per heavy atom. The Hall–Kier alpha value is -1.30. The number of carbonyl (C=O) groups is 2. The monoisotopic (exact) mass is 352 g/mol. The van der Waals surface area contributed by atoms with Gasteiger partial charge in [0.25, 0.3) is 0 Å². The molecule has 1 N–H and O–H groups in total. The maximum Gasteiger partial charge on any atom is 0.410 e. The van der Waals surface area contributed by atoms with E-state index in [9.17, 15) is 14.7 Å². The van der Waals surface area contributed by atoms with Gasteiger partial charge in [-0.25, -0.2) is 4.79 Å². The normalized spacial score (nSPS) is 31.6. The minimum Gasteiger partial charge on any atom is -0.481 e. The third kappa shape index (κ3) is 4.46. The molecule has 6 nitrogen and oxygen atoms in total. The highest BCUT2D eigenvalue weighted by molar-refractivity contribution is 5.70. The Bertz CT molecular complexity index is 510. The van der Waals surface area contributed by atoms with Crippen molar-refractivity contribution < 1.29 is 19.4 Å². The molecular weight excluding hydrogens is 320 g/mol. The molecule has 0 aromatic heterocycles. The summed E-state index contributed by atoms with van der Waals surface area (Å²) < 4.78 is 5.43. The van der Waals surface area contributed by atoms with Gasteiger partial charge in [-0.05, 0) is 71.3 Å². The minimum atomic E-state index is -0.636. The van der Waals surface area contributed by atoms with Crippen molar-refractivity contribution in [1.29, 1.82) is 0 Å². The van der Waals surface area contributed by atoms with Crippen LogP contribution in [-0.2, 0) is 9.53 Å². The van der Waals surface area contributed by atoms with E-state index in [4.69, 9.17) is 4.74 Å². The van der Waals surface area contributed by atoms with Crippen LogP contribution in [0.5, 0.6) is 0 Å². The first-order valence-electron chi connectivity index (χ1n) is 9.67. The van der Waals surface area contributed by atoms with Crippen LogP contribution in [0.2, 0.25) is 0 Å². The molecule has 142 valence electrons. The number of carboxylic acid groups (broad SMARTS) is 1. The highest BCUT2D eigenvalue weighted by atomic mass is 16.6. The van der Waals surface area contributed by atoms with E-state index in [1.54, 1.807) is 0 Å². The average molecular weight is 352 g/mol. The van der Waals surface area contributed by atoms with E-state index in [0.717, 1.165) is 45.4 Å². The molecule has 3 rings (SSSR count). The number of ether oxygens (including phenoxy) is 1. The number of amides is 1. The summed E-state index contributed by atoms with van der Waals surface area (Å²) in [4.78, 5) is 27.6. The summed E-state index contributed by atoms with van der Waals surface area (Å²) in [7, 11) is 0. The fourth-order valence-electron chi connectivity index (χ4n) is 4.56. The van der Waals surface area contributed by atoms with Crippen LogP contribution in [0.3, 0.4) is 0 Å². The molecular formula is C19H32N2O4. The number of carboxylic acids is 1. The molecule has 1 saturated carbocycles. The number of nitrogens with zero attached hydrogens (tertiary/aromatic N) is 2. The van der Waals surface area contributed by atoms with Crippen LogP contribution in [0.15, 0.2) is 0 Å². The van der Waals surface area contributed by atoms with Crippen molar-refractivity contribution in [2.45, 2.75) is 64.5 Å². The smallest absolute Gasteiger partial charge is 0.410 e. The summed E-state index contributed by atoms with van der Waals surface area (Å²) in [6.45, 7) is 9.44. The number of likely N-dealkylation sites (tertiary alicyclic amines) is 2. The first kappa shape index (κ1) is 18.5. The summed E-state index contributed by atoms with van der Waals surface area (Å²) >= 11 is 0. The van der Waals surface area contributed by atoms with Gasteiger partial charge in [0.2, 0.25) is 0 Å². The van der Waals surface area contributed by atoms with E-state index in [1.165, 1.54) is 12.8 Å². The second kappa shape index (κ2) is 7.14. The largest absolute Gasteiger partial charge is 0.481 e. The summed E-state index contributed by atoms with van der Waals surface area (Å²) in [5.41, 5.74) is -0.438. The lowest BCUT2D eigenvalue weighted by Gasteiger charge is -2.47. The lowest BCUT2D eigenvalue weighted by Crippen LogP contribution is -2.56. The van der Waals surface area contributed by atoms with Crippen molar-refractivity contribution in [1.82, 2.24) is 9.80 Å². The number of rotatable bonds is 3. The molecule has 2 heterocycles. The second-order valence-corrected chi connectivity index (χ2v) is 9.04. The predicted molar refractivity (Wildman–Crippen MR) is 94.4 cm³/mol. The van der Waals surface area contributed by atoms with Crippen molar-refractivity contribution in [2.75, 3.05) is 26.2 Å². The third-order valence-corrected chi connectivity index (χ3v) is 5.99. The standard InChI is InChI=1S/C19H32N2O4/c1-19(2,3)25-18(24)21-11-15(12-21)14-5-4-8-20(10-14)16-7-6-13(9-16)17(22)23/h13-16H,4-12H2,1-3H3,(H,22,23)/t13-,14+,16?/m1/s1. The zero-order chi connectivity index (χ0) is 18.2. The van der Waals surface area contributed by atoms with E-state index in [0.29, 0.717) is 17.9 Å². The molecule has 1 amide bonds. The summed E-state index contributed by atoms with van der Waals surface area (Å²) in [6, 6.07) is 0.436. The molecule has 0 bridgehead atoms. The number of hydrogen-bond acceptors (Lipinski definition) is 4. The van der Waals surface area contributed by atoms with Crippen LogP contribution < -0.4 is 0 Å². The average Bonchev–Trinajstić information content (AvgIpc) is 2.94. The van der Waals surface area contributed by atoms with Crippen LogP contribution in [0.1, 0.15) is 52.9 Å². The first-order chi connectivity index (χ1) is 11.7. The Labute approximate surface area is 150 Å². The molecule has 25 heavy (non-hydrogen) atoms. The predicted octanol–water partition coefficient (Wildman–Crippen LogP) is 2.82. The summed E-state index contributed by atoms with van der Waals surface area (Å²) in [5.74, 6) is 0.392. The molecule has 0 aromatic rings. The van der Waals surface area contributed by atoms with Crippen LogP contribution in [0.4, 0.5) is 4.79 Å². The van der Waals surface area contributed by atoms with Crippen molar-refractivity contribution in [3.8, 4) is 0 Å². The van der Waals surface area contributed by atoms with Gasteiger partial charge in [0.05, 0.1) is 5.92 Å². The number of hydrogen-bond donors (Lipinski definition) is 1. The van der Waals surface area contributed by atoms with Gasteiger partial charge in [0.1, 0.15) is 5.60 Å². The summed E-state index contributed by atoms with van der Waals surface area (Å²) in [6.07, 6.45) is 4.84. The SMILES string of the molecule is CC(C)(C)OC(=O)N1CC([C@H]2CCCN(C3CC[C@@H](C(=O)O)C3)C2)C1. The molecule has 0 spiro atoms. The first-order valence-corrected chi connectivity index (χ1v) is 9.67. The fraction of sp³-hybridized carbons (Fsp3) is 0.895. The highest BCUT2D eigenvalue weighted by Gasteiger charge is 2.41.